The molecule has 0 spiro atoms. The molecule has 0 aromatic carbocycles. The summed E-state index contributed by atoms with van der Waals surface area (Å²) >= 11 is 1.29. The minimum Gasteiger partial charge on any atom is -0.327 e. The molecule has 2 aliphatic rings. The van der Waals surface area contributed by atoms with Crippen molar-refractivity contribution in [1.82, 2.24) is 4.90 Å². The van der Waals surface area contributed by atoms with Gasteiger partial charge in [-0.25, -0.2) is 0 Å². The lowest BCUT2D eigenvalue weighted by atomic mass is 9.78. The first kappa shape index (κ1) is 13.0. The molecule has 1 aliphatic carbocycles. The van der Waals surface area contributed by atoms with E-state index >= 15 is 0 Å². The van der Waals surface area contributed by atoms with Gasteiger partial charge in [0.2, 0.25) is 0 Å². The Kier molecular flexibility index (Phi) is 3.56. The van der Waals surface area contributed by atoms with Crippen LogP contribution in [0.15, 0.2) is 12.1 Å². The van der Waals surface area contributed by atoms with E-state index in [0.29, 0.717) is 12.0 Å². The van der Waals surface area contributed by atoms with Crippen LogP contribution < -0.4 is 5.73 Å². The molecule has 3 unspecified atom stereocenters. The zero-order chi connectivity index (χ0) is 13.4. The second-order valence-electron chi connectivity index (χ2n) is 5.71. The third kappa shape index (κ3) is 2.66. The van der Waals surface area contributed by atoms with Crippen LogP contribution in [-0.2, 0) is 6.54 Å². The van der Waals surface area contributed by atoms with E-state index < -0.39 is 0 Å². The van der Waals surface area contributed by atoms with Crippen LogP contribution in [-0.4, -0.2) is 29.0 Å². The fourth-order valence-electron chi connectivity index (χ4n) is 3.51. The van der Waals surface area contributed by atoms with Crippen molar-refractivity contribution < 1.29 is 4.92 Å². The Morgan fingerprint density at radius 2 is 2.26 bits per heavy atom. The first-order chi connectivity index (χ1) is 9.13. The summed E-state index contributed by atoms with van der Waals surface area (Å²) in [5.74, 6) is 1.36. The van der Waals surface area contributed by atoms with Gasteiger partial charge in [0, 0.05) is 36.6 Å². The van der Waals surface area contributed by atoms with Gasteiger partial charge in [0.25, 0.3) is 0 Å². The number of fused-ring (bicyclic) bond motifs is 1. The highest BCUT2D eigenvalue weighted by atomic mass is 32.1. The van der Waals surface area contributed by atoms with Gasteiger partial charge in [-0.1, -0.05) is 17.8 Å². The van der Waals surface area contributed by atoms with Gasteiger partial charge in [0.1, 0.15) is 0 Å². The molecule has 1 aromatic heterocycles. The van der Waals surface area contributed by atoms with Gasteiger partial charge in [-0.2, -0.15) is 0 Å². The monoisotopic (exact) mass is 281 g/mol. The van der Waals surface area contributed by atoms with E-state index in [9.17, 15) is 10.1 Å². The molecule has 1 saturated heterocycles. The van der Waals surface area contributed by atoms with Crippen molar-refractivity contribution in [2.75, 3.05) is 13.1 Å². The first-order valence-electron chi connectivity index (χ1n) is 6.84. The third-order valence-corrected chi connectivity index (χ3v) is 5.46. The van der Waals surface area contributed by atoms with E-state index in [4.69, 9.17) is 5.73 Å². The van der Waals surface area contributed by atoms with Crippen LogP contribution in [0, 0.1) is 22.0 Å². The summed E-state index contributed by atoms with van der Waals surface area (Å²) in [6.45, 7) is 2.99. The van der Waals surface area contributed by atoms with Crippen LogP contribution in [0.25, 0.3) is 0 Å². The fourth-order valence-corrected chi connectivity index (χ4v) is 4.37. The van der Waals surface area contributed by atoms with Gasteiger partial charge in [-0.05, 0) is 30.7 Å². The van der Waals surface area contributed by atoms with Crippen molar-refractivity contribution in [1.29, 1.82) is 0 Å². The maximum Gasteiger partial charge on any atom is 0.324 e. The van der Waals surface area contributed by atoms with Crippen LogP contribution in [0.4, 0.5) is 5.00 Å². The zero-order valence-electron chi connectivity index (χ0n) is 10.8. The molecule has 2 heterocycles. The summed E-state index contributed by atoms with van der Waals surface area (Å²) in [4.78, 5) is 13.9. The average Bonchev–Trinajstić information content (AvgIpc) is 2.96. The van der Waals surface area contributed by atoms with Gasteiger partial charge >= 0.3 is 5.00 Å². The molecule has 2 N–H and O–H groups in total. The maximum atomic E-state index is 10.7. The molecule has 1 aliphatic heterocycles. The second kappa shape index (κ2) is 5.19. The van der Waals surface area contributed by atoms with Crippen molar-refractivity contribution in [2.24, 2.45) is 17.6 Å². The molecule has 19 heavy (non-hydrogen) atoms. The summed E-state index contributed by atoms with van der Waals surface area (Å²) in [7, 11) is 0. The number of rotatable bonds is 3. The van der Waals surface area contributed by atoms with Crippen molar-refractivity contribution in [3.05, 3.63) is 27.1 Å². The molecule has 1 saturated carbocycles. The standard InChI is InChI=1S/C13H19N3O2S/c14-12-3-1-2-9-6-15(8-11(9)12)7-10-4-5-13(19-10)16(17)18/h4-5,9,11-12H,1-3,6-8,14H2. The van der Waals surface area contributed by atoms with E-state index in [-0.39, 0.29) is 9.92 Å². The van der Waals surface area contributed by atoms with Crippen LogP contribution in [0.3, 0.4) is 0 Å². The second-order valence-corrected chi connectivity index (χ2v) is 6.86. The highest BCUT2D eigenvalue weighted by molar-refractivity contribution is 7.15. The van der Waals surface area contributed by atoms with Gasteiger partial charge in [-0.3, -0.25) is 15.0 Å². The van der Waals surface area contributed by atoms with E-state index in [1.54, 1.807) is 6.07 Å². The molecule has 1 aromatic rings. The Balaban J connectivity index is 1.63. The Labute approximate surface area is 116 Å². The molecule has 6 heteroatoms. The molecule has 0 radical (unpaired) electrons. The minimum absolute atomic E-state index is 0.239. The predicted molar refractivity (Wildman–Crippen MR) is 75.1 cm³/mol. The third-order valence-electron chi connectivity index (χ3n) is 4.44. The van der Waals surface area contributed by atoms with Crippen molar-refractivity contribution >= 4 is 16.3 Å². The number of hydrogen-bond donors (Lipinski definition) is 1. The van der Waals surface area contributed by atoms with Crippen molar-refractivity contribution in [3.8, 4) is 0 Å². The number of likely N-dealkylation sites (tertiary alicyclic amines) is 1. The molecule has 2 fully saturated rings. The molecular formula is C13H19N3O2S. The van der Waals surface area contributed by atoms with Crippen LogP contribution in [0.1, 0.15) is 24.1 Å². The summed E-state index contributed by atoms with van der Waals surface area (Å²) in [5.41, 5.74) is 6.21. The molecule has 3 atom stereocenters. The first-order valence-corrected chi connectivity index (χ1v) is 7.66. The molecule has 5 nitrogen and oxygen atoms in total. The van der Waals surface area contributed by atoms with Crippen molar-refractivity contribution in [2.45, 2.75) is 31.8 Å². The van der Waals surface area contributed by atoms with Gasteiger partial charge < -0.3 is 5.73 Å². The van der Waals surface area contributed by atoms with Gasteiger partial charge in [0.15, 0.2) is 0 Å². The lowest BCUT2D eigenvalue weighted by Crippen LogP contribution is -2.38. The molecule has 0 bridgehead atoms. The zero-order valence-corrected chi connectivity index (χ0v) is 11.6. The number of nitrogens with two attached hydrogens (primary N) is 1. The van der Waals surface area contributed by atoms with E-state index in [0.717, 1.165) is 36.9 Å². The van der Waals surface area contributed by atoms with E-state index in [1.807, 2.05) is 6.07 Å². The number of thiophene rings is 1. The summed E-state index contributed by atoms with van der Waals surface area (Å²) in [5, 5.41) is 10.9. The molecule has 0 amide bonds. The fraction of sp³-hybridized carbons (Fsp3) is 0.692. The predicted octanol–water partition coefficient (Wildman–Crippen LogP) is 2.22. The van der Waals surface area contributed by atoms with E-state index in [1.165, 1.54) is 24.2 Å². The smallest absolute Gasteiger partial charge is 0.324 e. The van der Waals surface area contributed by atoms with Crippen LogP contribution in [0.2, 0.25) is 0 Å². The summed E-state index contributed by atoms with van der Waals surface area (Å²) < 4.78 is 0. The highest BCUT2D eigenvalue weighted by Crippen LogP contribution is 2.36. The topological polar surface area (TPSA) is 72.4 Å². The SMILES string of the molecule is NC1CCCC2CN(Cc3ccc([N+](=O)[O-])s3)CC12. The average molecular weight is 281 g/mol. The number of nitrogens with zero attached hydrogens (tertiary/aromatic N) is 2. The molecular weight excluding hydrogens is 262 g/mol. The molecule has 104 valence electrons. The Morgan fingerprint density at radius 3 is 2.95 bits per heavy atom. The summed E-state index contributed by atoms with van der Waals surface area (Å²) in [6.07, 6.45) is 3.69. The minimum atomic E-state index is -0.312. The Bertz CT molecular complexity index is 476. The molecule has 3 rings (SSSR count). The van der Waals surface area contributed by atoms with Crippen LogP contribution >= 0.6 is 11.3 Å². The number of hydrogen-bond acceptors (Lipinski definition) is 5. The number of nitro groups is 1. The Hall–Kier alpha value is -0.980. The summed E-state index contributed by atoms with van der Waals surface area (Å²) in [6, 6.07) is 3.83. The lowest BCUT2D eigenvalue weighted by Gasteiger charge is -2.29. The quantitative estimate of drug-likeness (QED) is 0.681. The van der Waals surface area contributed by atoms with Crippen molar-refractivity contribution in [3.63, 3.8) is 0 Å². The Morgan fingerprint density at radius 1 is 1.42 bits per heavy atom. The van der Waals surface area contributed by atoms with Gasteiger partial charge in [0.05, 0.1) is 4.92 Å². The maximum absolute atomic E-state index is 10.7. The van der Waals surface area contributed by atoms with Crippen LogP contribution in [0.5, 0.6) is 0 Å². The normalized spacial score (nSPS) is 31.3. The van der Waals surface area contributed by atoms with Gasteiger partial charge in [-0.15, -0.1) is 0 Å². The lowest BCUT2D eigenvalue weighted by molar-refractivity contribution is -0.380. The largest absolute Gasteiger partial charge is 0.327 e. The van der Waals surface area contributed by atoms with E-state index in [2.05, 4.69) is 4.90 Å². The highest BCUT2D eigenvalue weighted by Gasteiger charge is 2.38.